The number of benzene rings is 2. The molecule has 3 rings (SSSR count). The first kappa shape index (κ1) is 15.8. The van der Waals surface area contributed by atoms with Crippen molar-refractivity contribution in [3.8, 4) is 17.2 Å². The quantitative estimate of drug-likeness (QED) is 0.774. The molecule has 0 saturated carbocycles. The third-order valence-electron chi connectivity index (χ3n) is 3.94. The molecule has 5 nitrogen and oxygen atoms in total. The Balaban J connectivity index is 2.34. The van der Waals surface area contributed by atoms with E-state index in [0.29, 0.717) is 28.0 Å². The summed E-state index contributed by atoms with van der Waals surface area (Å²) in [6.07, 6.45) is 3.28. The van der Waals surface area contributed by atoms with Crippen LogP contribution in [0.3, 0.4) is 0 Å². The lowest BCUT2D eigenvalue weighted by Gasteiger charge is -2.13. The lowest BCUT2D eigenvalue weighted by atomic mass is 10.0. The van der Waals surface area contributed by atoms with Gasteiger partial charge in [-0.2, -0.15) is 0 Å². The molecule has 0 aliphatic heterocycles. The summed E-state index contributed by atoms with van der Waals surface area (Å²) in [4.78, 5) is 12.8. The van der Waals surface area contributed by atoms with Gasteiger partial charge in [-0.3, -0.25) is 9.36 Å². The number of phenols is 1. The first-order valence-electron chi connectivity index (χ1n) is 7.38. The molecule has 0 radical (unpaired) electrons. The third-order valence-corrected chi connectivity index (χ3v) is 3.94. The Labute approximate surface area is 138 Å². The summed E-state index contributed by atoms with van der Waals surface area (Å²) in [6, 6.07) is 10.1. The van der Waals surface area contributed by atoms with Crippen molar-refractivity contribution < 1.29 is 14.9 Å². The average molecular weight is 323 g/mol. The summed E-state index contributed by atoms with van der Waals surface area (Å²) >= 11 is 0. The van der Waals surface area contributed by atoms with E-state index in [1.807, 2.05) is 0 Å². The number of ether oxygens (including phenoxy) is 1. The molecule has 2 N–H and O–H groups in total. The van der Waals surface area contributed by atoms with Gasteiger partial charge in [0.05, 0.1) is 19.1 Å². The van der Waals surface area contributed by atoms with Crippen LogP contribution < -0.4 is 10.3 Å². The van der Waals surface area contributed by atoms with Gasteiger partial charge >= 0.3 is 0 Å². The lowest BCUT2D eigenvalue weighted by molar-refractivity contribution is 0.281. The van der Waals surface area contributed by atoms with Crippen molar-refractivity contribution >= 4 is 16.8 Å². The topological polar surface area (TPSA) is 71.7 Å². The number of aliphatic hydroxyl groups excluding tert-OH is 1. The number of aliphatic hydroxyl groups is 1. The number of hydrogen-bond donors (Lipinski definition) is 2. The fraction of sp³-hybridized carbons (Fsp3) is 0.105. The summed E-state index contributed by atoms with van der Waals surface area (Å²) in [6.45, 7) is 3.56. The Morgan fingerprint density at radius 3 is 2.54 bits per heavy atom. The van der Waals surface area contributed by atoms with Crippen molar-refractivity contribution in [3.05, 3.63) is 70.7 Å². The van der Waals surface area contributed by atoms with Gasteiger partial charge in [0.25, 0.3) is 5.56 Å². The summed E-state index contributed by atoms with van der Waals surface area (Å²) in [7, 11) is 1.57. The van der Waals surface area contributed by atoms with Gasteiger partial charge in [-0.15, -0.1) is 0 Å². The molecule has 0 fully saturated rings. The molecule has 0 atom stereocenters. The molecule has 2 aromatic carbocycles. The lowest BCUT2D eigenvalue weighted by Crippen LogP contribution is -2.19. The van der Waals surface area contributed by atoms with E-state index < -0.39 is 0 Å². The van der Waals surface area contributed by atoms with Crippen LogP contribution >= 0.6 is 0 Å². The number of methoxy groups -OCH3 is 1. The van der Waals surface area contributed by atoms with Crippen molar-refractivity contribution in [2.24, 2.45) is 0 Å². The molecule has 122 valence electrons. The van der Waals surface area contributed by atoms with Crippen LogP contribution in [0.15, 0.2) is 54.0 Å². The van der Waals surface area contributed by atoms with Gasteiger partial charge in [0, 0.05) is 17.3 Å². The zero-order valence-corrected chi connectivity index (χ0v) is 13.2. The molecule has 0 amide bonds. The van der Waals surface area contributed by atoms with Crippen LogP contribution in [-0.4, -0.2) is 21.9 Å². The highest BCUT2D eigenvalue weighted by atomic mass is 16.5. The van der Waals surface area contributed by atoms with Crippen molar-refractivity contribution in [1.29, 1.82) is 0 Å². The fourth-order valence-electron chi connectivity index (χ4n) is 2.71. The van der Waals surface area contributed by atoms with Crippen LogP contribution in [0.5, 0.6) is 11.5 Å². The normalized spacial score (nSPS) is 10.8. The SMILES string of the molecule is C=Cc1cn(-c2ccc(OC)cc2)c(=O)c2c(O)cc(CO)cc12. The predicted octanol–water partition coefficient (Wildman–Crippen LogP) is 2.84. The monoisotopic (exact) mass is 323 g/mol. The average Bonchev–Trinajstić information content (AvgIpc) is 2.61. The Morgan fingerprint density at radius 2 is 1.96 bits per heavy atom. The molecule has 0 bridgehead atoms. The third kappa shape index (κ3) is 2.55. The number of fused-ring (bicyclic) bond motifs is 1. The van der Waals surface area contributed by atoms with Gasteiger partial charge in [0.15, 0.2) is 0 Å². The first-order chi connectivity index (χ1) is 11.6. The molecule has 0 spiro atoms. The maximum Gasteiger partial charge on any atom is 0.266 e. The summed E-state index contributed by atoms with van der Waals surface area (Å²) in [5.74, 6) is 0.527. The maximum absolute atomic E-state index is 12.8. The summed E-state index contributed by atoms with van der Waals surface area (Å²) < 4.78 is 6.58. The molecule has 5 heteroatoms. The second-order valence-corrected chi connectivity index (χ2v) is 5.36. The van der Waals surface area contributed by atoms with Gasteiger partial charge in [0.2, 0.25) is 0 Å². The van der Waals surface area contributed by atoms with Gasteiger partial charge in [-0.25, -0.2) is 0 Å². The summed E-state index contributed by atoms with van der Waals surface area (Å²) in [5.41, 5.74) is 1.52. The number of nitrogens with zero attached hydrogens (tertiary/aromatic N) is 1. The van der Waals surface area contributed by atoms with Gasteiger partial charge in [-0.1, -0.05) is 12.7 Å². The number of aromatic nitrogens is 1. The highest BCUT2D eigenvalue weighted by Crippen LogP contribution is 2.28. The second kappa shape index (κ2) is 6.22. The van der Waals surface area contributed by atoms with Gasteiger partial charge in [0.1, 0.15) is 11.5 Å². The van der Waals surface area contributed by atoms with Crippen LogP contribution in [0, 0.1) is 0 Å². The summed E-state index contributed by atoms with van der Waals surface area (Å²) in [5, 5.41) is 20.3. The molecular formula is C19H17NO4. The van der Waals surface area contributed by atoms with Crippen LogP contribution in [-0.2, 0) is 6.61 Å². The minimum Gasteiger partial charge on any atom is -0.507 e. The zero-order valence-electron chi connectivity index (χ0n) is 13.2. The minimum absolute atomic E-state index is 0.160. The Kier molecular flexibility index (Phi) is 4.10. The zero-order chi connectivity index (χ0) is 17.3. The molecule has 1 aromatic heterocycles. The van der Waals surface area contributed by atoms with Crippen LogP contribution in [0.1, 0.15) is 11.1 Å². The van der Waals surface area contributed by atoms with Crippen molar-refractivity contribution in [1.82, 2.24) is 4.57 Å². The standard InChI is InChI=1S/C19H17NO4/c1-3-13-10-20(14-4-6-15(24-2)7-5-14)19(23)18-16(13)8-12(11-21)9-17(18)22/h3-10,21-22H,1,11H2,2H3. The Hall–Kier alpha value is -3.05. The van der Waals surface area contributed by atoms with Crippen molar-refractivity contribution in [3.63, 3.8) is 0 Å². The molecule has 3 aromatic rings. The van der Waals surface area contributed by atoms with E-state index >= 15 is 0 Å². The Bertz CT molecular complexity index is 971. The Morgan fingerprint density at radius 1 is 1.25 bits per heavy atom. The fourth-order valence-corrected chi connectivity index (χ4v) is 2.71. The maximum atomic E-state index is 12.8. The predicted molar refractivity (Wildman–Crippen MR) is 93.8 cm³/mol. The van der Waals surface area contributed by atoms with Crippen molar-refractivity contribution in [2.75, 3.05) is 7.11 Å². The first-order valence-corrected chi connectivity index (χ1v) is 7.38. The highest BCUT2D eigenvalue weighted by Gasteiger charge is 2.13. The highest BCUT2D eigenvalue weighted by molar-refractivity contribution is 5.94. The second-order valence-electron chi connectivity index (χ2n) is 5.36. The molecule has 24 heavy (non-hydrogen) atoms. The number of aromatic hydroxyl groups is 1. The molecule has 1 heterocycles. The van der Waals surface area contributed by atoms with E-state index in [4.69, 9.17) is 4.74 Å². The van der Waals surface area contributed by atoms with E-state index in [2.05, 4.69) is 6.58 Å². The largest absolute Gasteiger partial charge is 0.507 e. The molecule has 0 saturated heterocycles. The van der Waals surface area contributed by atoms with Gasteiger partial charge in [-0.05, 0) is 47.5 Å². The number of phenolic OH excluding ortho intramolecular Hbond substituents is 1. The van der Waals surface area contributed by atoms with Crippen molar-refractivity contribution in [2.45, 2.75) is 6.61 Å². The van der Waals surface area contributed by atoms with E-state index in [-0.39, 0.29) is 23.3 Å². The van der Waals surface area contributed by atoms with Gasteiger partial charge < -0.3 is 14.9 Å². The van der Waals surface area contributed by atoms with Crippen LogP contribution in [0.25, 0.3) is 22.5 Å². The van der Waals surface area contributed by atoms with Crippen LogP contribution in [0.4, 0.5) is 0 Å². The number of rotatable bonds is 4. The number of pyridine rings is 1. The van der Waals surface area contributed by atoms with E-state index in [1.54, 1.807) is 49.7 Å². The molecule has 0 aliphatic rings. The van der Waals surface area contributed by atoms with E-state index in [9.17, 15) is 15.0 Å². The molecular weight excluding hydrogens is 306 g/mol. The minimum atomic E-state index is -0.345. The van der Waals surface area contributed by atoms with E-state index in [0.717, 1.165) is 0 Å². The smallest absolute Gasteiger partial charge is 0.266 e. The number of hydrogen-bond acceptors (Lipinski definition) is 4. The van der Waals surface area contributed by atoms with Crippen LogP contribution in [0.2, 0.25) is 0 Å². The van der Waals surface area contributed by atoms with E-state index in [1.165, 1.54) is 10.6 Å². The molecule has 0 aliphatic carbocycles. The molecule has 0 unspecified atom stereocenters.